The van der Waals surface area contributed by atoms with Gasteiger partial charge >= 0.3 is 0 Å². The summed E-state index contributed by atoms with van der Waals surface area (Å²) in [5, 5.41) is 9.14. The predicted molar refractivity (Wildman–Crippen MR) is 72.7 cm³/mol. The Morgan fingerprint density at radius 1 is 1.21 bits per heavy atom. The summed E-state index contributed by atoms with van der Waals surface area (Å²) in [7, 11) is 0. The molecule has 2 aliphatic rings. The van der Waals surface area contributed by atoms with Crippen LogP contribution in [0.2, 0.25) is 0 Å². The monoisotopic (exact) mass is 259 g/mol. The van der Waals surface area contributed by atoms with Crippen LogP contribution in [0.5, 0.6) is 0 Å². The molecule has 1 heterocycles. The van der Waals surface area contributed by atoms with E-state index in [9.17, 15) is 4.79 Å². The third-order valence-electron chi connectivity index (χ3n) is 4.42. The van der Waals surface area contributed by atoms with Gasteiger partial charge in [-0.2, -0.15) is 5.26 Å². The van der Waals surface area contributed by atoms with E-state index < -0.39 is 12.1 Å². The Kier molecular flexibility index (Phi) is 4.45. The van der Waals surface area contributed by atoms with Crippen molar-refractivity contribution in [3.05, 3.63) is 0 Å². The van der Waals surface area contributed by atoms with Gasteiger partial charge in [0.15, 0.2) is 0 Å². The molecule has 0 aromatic carbocycles. The maximum atomic E-state index is 12.5. The molecule has 1 aliphatic heterocycles. The van der Waals surface area contributed by atoms with Crippen molar-refractivity contribution in [1.29, 1.82) is 5.26 Å². The van der Waals surface area contributed by atoms with Crippen LogP contribution < -0.4 is 5.73 Å². The lowest BCUT2D eigenvalue weighted by Gasteiger charge is -2.32. The summed E-state index contributed by atoms with van der Waals surface area (Å²) in [6.45, 7) is 0. The summed E-state index contributed by atoms with van der Waals surface area (Å²) >= 11 is 0. The SMILES string of the molecule is C#CC1CCC(C#N)N1C(=O)[C@H](N)C1CCCCC1. The molecule has 0 aromatic heterocycles. The molecular weight excluding hydrogens is 238 g/mol. The van der Waals surface area contributed by atoms with E-state index in [1.54, 1.807) is 4.90 Å². The van der Waals surface area contributed by atoms with Crippen LogP contribution in [0.3, 0.4) is 0 Å². The van der Waals surface area contributed by atoms with Gasteiger partial charge < -0.3 is 10.6 Å². The van der Waals surface area contributed by atoms with Crippen molar-refractivity contribution in [2.75, 3.05) is 0 Å². The van der Waals surface area contributed by atoms with Crippen molar-refractivity contribution in [2.24, 2.45) is 11.7 Å². The second-order valence-electron chi connectivity index (χ2n) is 5.57. The number of terminal acetylenes is 1. The number of rotatable bonds is 2. The van der Waals surface area contributed by atoms with Gasteiger partial charge in [0.25, 0.3) is 0 Å². The summed E-state index contributed by atoms with van der Waals surface area (Å²) in [6, 6.07) is 1.02. The molecule has 1 saturated carbocycles. The number of hydrogen-bond donors (Lipinski definition) is 1. The van der Waals surface area contributed by atoms with E-state index in [1.807, 2.05) is 0 Å². The maximum Gasteiger partial charge on any atom is 0.241 e. The minimum absolute atomic E-state index is 0.126. The third-order valence-corrected chi connectivity index (χ3v) is 4.42. The number of carbonyl (C=O) groups is 1. The molecule has 0 spiro atoms. The number of likely N-dealkylation sites (tertiary alicyclic amines) is 1. The van der Waals surface area contributed by atoms with Gasteiger partial charge in [0.2, 0.25) is 5.91 Å². The van der Waals surface area contributed by atoms with Crippen LogP contribution in [0, 0.1) is 29.6 Å². The summed E-state index contributed by atoms with van der Waals surface area (Å²) in [6.07, 6.45) is 12.4. The van der Waals surface area contributed by atoms with E-state index in [1.165, 1.54) is 6.42 Å². The van der Waals surface area contributed by atoms with Crippen molar-refractivity contribution in [3.63, 3.8) is 0 Å². The van der Waals surface area contributed by atoms with Gasteiger partial charge in [-0.3, -0.25) is 4.79 Å². The first-order valence-corrected chi connectivity index (χ1v) is 7.12. The number of nitrogens with zero attached hydrogens (tertiary/aromatic N) is 2. The maximum absolute atomic E-state index is 12.5. The van der Waals surface area contributed by atoms with Gasteiger partial charge in [0.1, 0.15) is 6.04 Å². The first-order chi connectivity index (χ1) is 9.19. The molecular formula is C15H21N3O. The largest absolute Gasteiger partial charge is 0.320 e. The summed E-state index contributed by atoms with van der Waals surface area (Å²) in [4.78, 5) is 14.1. The van der Waals surface area contributed by atoms with E-state index in [-0.39, 0.29) is 17.9 Å². The smallest absolute Gasteiger partial charge is 0.241 e. The molecule has 4 nitrogen and oxygen atoms in total. The average Bonchev–Trinajstić information content (AvgIpc) is 2.89. The Bertz CT molecular complexity index is 392. The fourth-order valence-electron chi connectivity index (χ4n) is 3.28. The topological polar surface area (TPSA) is 70.1 Å². The second-order valence-corrected chi connectivity index (χ2v) is 5.57. The molecule has 0 radical (unpaired) electrons. The zero-order chi connectivity index (χ0) is 13.8. The molecule has 102 valence electrons. The highest BCUT2D eigenvalue weighted by atomic mass is 16.2. The van der Waals surface area contributed by atoms with Crippen LogP contribution in [0.25, 0.3) is 0 Å². The van der Waals surface area contributed by atoms with Crippen LogP contribution in [0.4, 0.5) is 0 Å². The van der Waals surface area contributed by atoms with Crippen LogP contribution >= 0.6 is 0 Å². The Morgan fingerprint density at radius 2 is 1.84 bits per heavy atom. The molecule has 2 fully saturated rings. The van der Waals surface area contributed by atoms with Crippen molar-refractivity contribution in [3.8, 4) is 18.4 Å². The fourth-order valence-corrected chi connectivity index (χ4v) is 3.28. The molecule has 1 aliphatic carbocycles. The van der Waals surface area contributed by atoms with Gasteiger partial charge in [0.05, 0.1) is 18.2 Å². The highest BCUT2D eigenvalue weighted by Crippen LogP contribution is 2.29. The number of amides is 1. The van der Waals surface area contributed by atoms with Crippen LogP contribution in [-0.4, -0.2) is 28.9 Å². The van der Waals surface area contributed by atoms with Crippen molar-refractivity contribution in [2.45, 2.75) is 63.1 Å². The van der Waals surface area contributed by atoms with E-state index in [0.717, 1.165) is 25.7 Å². The first-order valence-electron chi connectivity index (χ1n) is 7.12. The van der Waals surface area contributed by atoms with E-state index >= 15 is 0 Å². The Balaban J connectivity index is 2.08. The van der Waals surface area contributed by atoms with Gasteiger partial charge in [-0.1, -0.05) is 25.2 Å². The number of nitrogens with two attached hydrogens (primary N) is 1. The second kappa shape index (κ2) is 6.08. The van der Waals surface area contributed by atoms with Crippen LogP contribution in [0.1, 0.15) is 44.9 Å². The summed E-state index contributed by atoms with van der Waals surface area (Å²) < 4.78 is 0. The van der Waals surface area contributed by atoms with E-state index in [4.69, 9.17) is 17.4 Å². The highest BCUT2D eigenvalue weighted by molar-refractivity contribution is 5.83. The highest BCUT2D eigenvalue weighted by Gasteiger charge is 2.40. The third kappa shape index (κ3) is 2.74. The first kappa shape index (κ1) is 13.9. The Labute approximate surface area is 114 Å². The molecule has 4 heteroatoms. The van der Waals surface area contributed by atoms with Crippen molar-refractivity contribution >= 4 is 5.91 Å². The molecule has 0 aromatic rings. The number of nitriles is 1. The van der Waals surface area contributed by atoms with Crippen molar-refractivity contribution < 1.29 is 4.79 Å². The minimum Gasteiger partial charge on any atom is -0.320 e. The van der Waals surface area contributed by atoms with E-state index in [0.29, 0.717) is 12.8 Å². The molecule has 19 heavy (non-hydrogen) atoms. The van der Waals surface area contributed by atoms with Gasteiger partial charge in [-0.05, 0) is 31.6 Å². The summed E-state index contributed by atoms with van der Waals surface area (Å²) in [5.74, 6) is 2.74. The predicted octanol–water partition coefficient (Wildman–Crippen LogP) is 1.41. The average molecular weight is 259 g/mol. The van der Waals surface area contributed by atoms with Gasteiger partial charge in [-0.25, -0.2) is 0 Å². The molecule has 3 atom stereocenters. The molecule has 1 saturated heterocycles. The number of hydrogen-bond acceptors (Lipinski definition) is 3. The molecule has 2 unspecified atom stereocenters. The standard InChI is InChI=1S/C15H21N3O/c1-2-12-8-9-13(10-16)18(12)15(19)14(17)11-6-4-3-5-7-11/h1,11-14H,3-9,17H2/t12?,13?,14-/m1/s1. The quantitative estimate of drug-likeness (QED) is 0.762. The van der Waals surface area contributed by atoms with Crippen molar-refractivity contribution in [1.82, 2.24) is 4.90 Å². The molecule has 0 bridgehead atoms. The minimum atomic E-state index is -0.495. The zero-order valence-electron chi connectivity index (χ0n) is 11.2. The normalized spacial score (nSPS) is 29.5. The zero-order valence-corrected chi connectivity index (χ0v) is 11.2. The lowest BCUT2D eigenvalue weighted by Crippen LogP contribution is -2.52. The lowest BCUT2D eigenvalue weighted by atomic mass is 9.83. The van der Waals surface area contributed by atoms with Crippen LogP contribution in [-0.2, 0) is 4.79 Å². The molecule has 2 N–H and O–H groups in total. The summed E-state index contributed by atoms with van der Waals surface area (Å²) in [5.41, 5.74) is 6.14. The lowest BCUT2D eigenvalue weighted by molar-refractivity contribution is -0.135. The fraction of sp³-hybridized carbons (Fsp3) is 0.733. The van der Waals surface area contributed by atoms with E-state index in [2.05, 4.69) is 12.0 Å². The Hall–Kier alpha value is -1.52. The Morgan fingerprint density at radius 3 is 2.42 bits per heavy atom. The molecule has 2 rings (SSSR count). The number of carbonyl (C=O) groups excluding carboxylic acids is 1. The van der Waals surface area contributed by atoms with Gasteiger partial charge in [0, 0.05) is 0 Å². The van der Waals surface area contributed by atoms with Crippen LogP contribution in [0.15, 0.2) is 0 Å². The van der Waals surface area contributed by atoms with Gasteiger partial charge in [-0.15, -0.1) is 6.42 Å². The molecule has 1 amide bonds.